The fraction of sp³-hybridized carbons (Fsp3) is 0.167. The number of ether oxygens (including phenoxy) is 1. The van der Waals surface area contributed by atoms with Gasteiger partial charge in [0.05, 0.1) is 32.2 Å². The van der Waals surface area contributed by atoms with Crippen LogP contribution in [0.15, 0.2) is 249 Å². The van der Waals surface area contributed by atoms with E-state index in [0.717, 1.165) is 55.6 Å². The van der Waals surface area contributed by atoms with Crippen LogP contribution in [0.3, 0.4) is 0 Å². The number of nitrogens with zero attached hydrogens (tertiary/aromatic N) is 4. The van der Waals surface area contributed by atoms with Crippen LogP contribution in [-0.4, -0.2) is 16.2 Å². The lowest BCUT2D eigenvalue weighted by Crippen LogP contribution is -2.25. The van der Waals surface area contributed by atoms with Crippen molar-refractivity contribution in [2.24, 2.45) is 0 Å². The molecule has 5 nitrogen and oxygen atoms in total. The number of para-hydroxylation sites is 3. The highest BCUT2D eigenvalue weighted by atomic mass is 16.5. The monoisotopic (exact) mass is 1080 g/mol. The molecule has 13 rings (SSSR count). The van der Waals surface area contributed by atoms with Crippen LogP contribution in [0.1, 0.15) is 83.1 Å². The summed E-state index contributed by atoms with van der Waals surface area (Å²) in [5, 5.41) is 2.15. The molecule has 408 valence electrons. The van der Waals surface area contributed by atoms with Crippen LogP contribution >= 0.6 is 0 Å². The number of hydrogen-bond acceptors (Lipinski definition) is 4. The fourth-order valence-corrected chi connectivity index (χ4v) is 11.8. The van der Waals surface area contributed by atoms with Crippen molar-refractivity contribution in [3.05, 3.63) is 265 Å². The van der Waals surface area contributed by atoms with Gasteiger partial charge < -0.3 is 14.5 Å². The van der Waals surface area contributed by atoms with Crippen LogP contribution in [-0.2, 0) is 16.2 Å². The number of benzene rings is 10. The average molecular weight is 1080 g/mol. The molecule has 0 radical (unpaired) electrons. The van der Waals surface area contributed by atoms with Gasteiger partial charge >= 0.3 is 0 Å². The maximum atomic E-state index is 9.27. The standard InChI is InChI=1S/C78H70N4O/c1-76(2,3)57-43-56(44-58(45-57)77(4,5)6)68-47-59(78(7,8)9)46-67(54-29-17-12-18-30-54)75(68)81-51-80(70-37-21-22-38-71(70)81)60-31-23-32-61(48-60)83-62-40-41-66-65-33-19-20-36-69(65)82(72(66)49-62)73-42-39-55(50-79-73)74-63(52-25-13-10-14-26-52)34-24-35-64(74)53-27-15-11-16-28-53/h10-50H,51H2,1-9H3/i24D,34D,35D. The number of pyridine rings is 1. The molecule has 0 fully saturated rings. The molecule has 0 N–H and O–H groups in total. The van der Waals surface area contributed by atoms with Gasteiger partial charge in [0.25, 0.3) is 0 Å². The molecule has 0 unspecified atom stereocenters. The molecule has 2 aromatic heterocycles. The van der Waals surface area contributed by atoms with E-state index in [4.69, 9.17) is 11.1 Å². The summed E-state index contributed by atoms with van der Waals surface area (Å²) >= 11 is 0. The van der Waals surface area contributed by atoms with Gasteiger partial charge in [-0.05, 0) is 139 Å². The van der Waals surface area contributed by atoms with Crippen LogP contribution in [0.25, 0.3) is 83.3 Å². The lowest BCUT2D eigenvalue weighted by Gasteiger charge is -2.31. The van der Waals surface area contributed by atoms with Crippen molar-refractivity contribution in [2.75, 3.05) is 16.5 Å². The second kappa shape index (κ2) is 20.8. The first kappa shape index (κ1) is 49.4. The molecule has 0 bridgehead atoms. The van der Waals surface area contributed by atoms with Gasteiger partial charge in [-0.15, -0.1) is 0 Å². The van der Waals surface area contributed by atoms with Gasteiger partial charge in [0.2, 0.25) is 0 Å². The molecule has 83 heavy (non-hydrogen) atoms. The number of hydrogen-bond donors (Lipinski definition) is 0. The summed E-state index contributed by atoms with van der Waals surface area (Å²) in [6.45, 7) is 21.4. The summed E-state index contributed by atoms with van der Waals surface area (Å²) in [7, 11) is 0. The zero-order valence-corrected chi connectivity index (χ0v) is 48.8. The van der Waals surface area contributed by atoms with Gasteiger partial charge in [0.1, 0.15) is 24.0 Å². The minimum absolute atomic E-state index is 0.00821. The zero-order valence-electron chi connectivity index (χ0n) is 51.8. The zero-order chi connectivity index (χ0) is 59.8. The van der Waals surface area contributed by atoms with E-state index in [-0.39, 0.29) is 34.4 Å². The third-order valence-electron chi connectivity index (χ3n) is 16.3. The van der Waals surface area contributed by atoms with Crippen molar-refractivity contribution in [1.29, 1.82) is 0 Å². The molecule has 3 heterocycles. The molecule has 0 saturated heterocycles. The number of anilines is 4. The fourth-order valence-electron chi connectivity index (χ4n) is 11.8. The van der Waals surface area contributed by atoms with Gasteiger partial charge in [-0.25, -0.2) is 4.98 Å². The Bertz CT molecular complexity index is 4450. The maximum Gasteiger partial charge on any atom is 0.137 e. The van der Waals surface area contributed by atoms with E-state index in [9.17, 15) is 2.74 Å². The summed E-state index contributed by atoms with van der Waals surface area (Å²) < 4.78 is 36.6. The lowest BCUT2D eigenvalue weighted by atomic mass is 9.77. The lowest BCUT2D eigenvalue weighted by molar-refractivity contribution is 0.483. The SMILES string of the molecule is [2H]c1c([2H])c(-c2ccccc2)c(-c2ccc(-n3c4ccccc4c4ccc(Oc5cccc(N6CN(c7c(-c8ccccc8)cc(C(C)(C)C)cc7-c7cc(C(C)(C)C)cc(C(C)(C)C)c7)c7ccccc76)c5)cc43)nc2)c(-c2ccccc2)c1[2H]. The van der Waals surface area contributed by atoms with Crippen molar-refractivity contribution in [2.45, 2.75) is 78.6 Å². The molecule has 0 amide bonds. The van der Waals surface area contributed by atoms with Crippen molar-refractivity contribution in [3.8, 4) is 73.0 Å². The first-order chi connectivity index (χ1) is 41.3. The second-order valence-electron chi connectivity index (χ2n) is 25.1. The van der Waals surface area contributed by atoms with Crippen LogP contribution in [0, 0.1) is 0 Å². The first-order valence-electron chi connectivity index (χ1n) is 30.4. The van der Waals surface area contributed by atoms with Crippen molar-refractivity contribution in [1.82, 2.24) is 9.55 Å². The predicted molar refractivity (Wildman–Crippen MR) is 350 cm³/mol. The molecule has 1 aliphatic heterocycles. The summed E-state index contributed by atoms with van der Waals surface area (Å²) in [5.74, 6) is 2.10. The van der Waals surface area contributed by atoms with Crippen molar-refractivity contribution in [3.63, 3.8) is 0 Å². The van der Waals surface area contributed by atoms with E-state index in [1.165, 1.54) is 44.6 Å². The summed E-state index contributed by atoms with van der Waals surface area (Å²) in [4.78, 5) is 10.1. The molecule has 5 heteroatoms. The molecule has 1 aliphatic rings. The number of aromatic nitrogens is 2. The molecular weight excluding hydrogens is 1010 g/mol. The van der Waals surface area contributed by atoms with Gasteiger partial charge in [-0.1, -0.05) is 226 Å². The van der Waals surface area contributed by atoms with Gasteiger partial charge in [-0.2, -0.15) is 0 Å². The second-order valence-corrected chi connectivity index (χ2v) is 25.1. The van der Waals surface area contributed by atoms with Gasteiger partial charge in [-0.3, -0.25) is 4.57 Å². The Morgan fingerprint density at radius 1 is 0.410 bits per heavy atom. The molecule has 10 aromatic carbocycles. The summed E-state index contributed by atoms with van der Waals surface area (Å²) in [6.07, 6.45) is 1.84. The molecule has 12 aromatic rings. The Hall–Kier alpha value is -9.45. The molecular formula is C78H70N4O. The molecule has 0 aliphatic carbocycles. The van der Waals surface area contributed by atoms with E-state index in [1.807, 2.05) is 91.1 Å². The van der Waals surface area contributed by atoms with Crippen molar-refractivity contribution < 1.29 is 8.85 Å². The normalized spacial score (nSPS) is 13.3. The van der Waals surface area contributed by atoms with E-state index < -0.39 is 0 Å². The summed E-state index contributed by atoms with van der Waals surface area (Å²) in [5.41, 5.74) is 19.0. The molecule has 0 spiro atoms. The number of rotatable bonds is 10. The smallest absolute Gasteiger partial charge is 0.137 e. The minimum atomic E-state index is -0.120. The highest BCUT2D eigenvalue weighted by Gasteiger charge is 2.34. The quantitative estimate of drug-likeness (QED) is 0.137. The Labute approximate surface area is 494 Å². The maximum absolute atomic E-state index is 9.27. The van der Waals surface area contributed by atoms with Crippen LogP contribution in [0.4, 0.5) is 22.7 Å². The summed E-state index contributed by atoms with van der Waals surface area (Å²) in [6, 6.07) is 78.4. The van der Waals surface area contributed by atoms with Crippen LogP contribution in [0.2, 0.25) is 0 Å². The highest BCUT2D eigenvalue weighted by molar-refractivity contribution is 6.09. The van der Waals surface area contributed by atoms with E-state index in [2.05, 4.69) is 216 Å². The van der Waals surface area contributed by atoms with Gasteiger partial charge in [0, 0.05) is 51.5 Å². The Morgan fingerprint density at radius 2 is 0.928 bits per heavy atom. The van der Waals surface area contributed by atoms with Gasteiger partial charge in [0.15, 0.2) is 0 Å². The largest absolute Gasteiger partial charge is 0.457 e. The average Bonchev–Trinajstić information content (AvgIpc) is 1.78. The van der Waals surface area contributed by atoms with E-state index >= 15 is 0 Å². The Balaban J connectivity index is 0.892. The third kappa shape index (κ3) is 10.1. The minimum Gasteiger partial charge on any atom is -0.457 e. The van der Waals surface area contributed by atoms with E-state index in [0.29, 0.717) is 40.7 Å². The van der Waals surface area contributed by atoms with Crippen molar-refractivity contribution >= 4 is 44.6 Å². The number of fused-ring (bicyclic) bond motifs is 4. The molecule has 0 saturated carbocycles. The van der Waals surface area contributed by atoms with Crippen LogP contribution < -0.4 is 14.5 Å². The van der Waals surface area contributed by atoms with Crippen LogP contribution in [0.5, 0.6) is 11.5 Å². The first-order valence-corrected chi connectivity index (χ1v) is 28.9. The topological polar surface area (TPSA) is 33.5 Å². The third-order valence-corrected chi connectivity index (χ3v) is 16.3. The molecule has 0 atom stereocenters. The van der Waals surface area contributed by atoms with E-state index in [1.54, 1.807) is 0 Å². The predicted octanol–water partition coefficient (Wildman–Crippen LogP) is 21.4. The Kier molecular flexibility index (Phi) is 12.4. The Morgan fingerprint density at radius 3 is 1.52 bits per heavy atom. The highest BCUT2D eigenvalue weighted by Crippen LogP contribution is 2.53.